The summed E-state index contributed by atoms with van der Waals surface area (Å²) in [6, 6.07) is 11.1. The van der Waals surface area contributed by atoms with Crippen LogP contribution in [0.2, 0.25) is 5.02 Å². The van der Waals surface area contributed by atoms with Gasteiger partial charge in [-0.05, 0) is 65.2 Å². The van der Waals surface area contributed by atoms with Gasteiger partial charge in [-0.2, -0.15) is 14.1 Å². The number of rotatable bonds is 8. The molecule has 1 amide bonds. The molecule has 0 saturated heterocycles. The van der Waals surface area contributed by atoms with Gasteiger partial charge in [0.1, 0.15) is 18.0 Å². The number of methoxy groups -OCH3 is 1. The minimum absolute atomic E-state index is 0.103. The van der Waals surface area contributed by atoms with Crippen molar-refractivity contribution in [2.45, 2.75) is 18.9 Å². The van der Waals surface area contributed by atoms with Crippen molar-refractivity contribution in [2.75, 3.05) is 25.2 Å². The number of hydrogen-bond donors (Lipinski definition) is 2. The summed E-state index contributed by atoms with van der Waals surface area (Å²) in [6.07, 6.45) is 2.71. The number of carboxylic acid groups (broad SMARTS) is 1. The molecule has 0 fully saturated rings. The van der Waals surface area contributed by atoms with Gasteiger partial charge in [-0.3, -0.25) is 9.69 Å². The van der Waals surface area contributed by atoms with Gasteiger partial charge in [0, 0.05) is 41.2 Å². The highest BCUT2D eigenvalue weighted by Crippen LogP contribution is 2.35. The van der Waals surface area contributed by atoms with Crippen LogP contribution in [-0.2, 0) is 11.2 Å². The molecule has 0 bridgehead atoms. The molecule has 42 heavy (non-hydrogen) atoms. The van der Waals surface area contributed by atoms with Gasteiger partial charge in [-0.25, -0.2) is 9.78 Å². The number of aromatic nitrogens is 8. The van der Waals surface area contributed by atoms with Crippen molar-refractivity contribution >= 4 is 23.5 Å². The Morgan fingerprint density at radius 2 is 2.10 bits per heavy atom. The van der Waals surface area contributed by atoms with Crippen LogP contribution < -0.4 is 10.5 Å². The van der Waals surface area contributed by atoms with E-state index in [1.807, 2.05) is 6.07 Å². The SMILES string of the molecule is COCCN(C(=O)O)c1ccc(-c2nc(F)c([C@@H]3CCc4cc(-c5cc(Cl)ccc5-n5cnnn5)cc(=O)n43)[nH]2)cn1. The molecule has 0 saturated carbocycles. The number of amides is 1. The van der Waals surface area contributed by atoms with Gasteiger partial charge in [0.2, 0.25) is 5.95 Å². The number of pyridine rings is 2. The third kappa shape index (κ3) is 5.01. The first-order valence-corrected chi connectivity index (χ1v) is 13.2. The van der Waals surface area contributed by atoms with E-state index in [9.17, 15) is 14.7 Å². The lowest BCUT2D eigenvalue weighted by atomic mass is 10.0. The molecule has 1 aliphatic rings. The zero-order chi connectivity index (χ0) is 29.4. The molecule has 4 aromatic heterocycles. The van der Waals surface area contributed by atoms with Gasteiger partial charge >= 0.3 is 6.09 Å². The summed E-state index contributed by atoms with van der Waals surface area (Å²) in [5, 5.41) is 21.3. The summed E-state index contributed by atoms with van der Waals surface area (Å²) in [5.74, 6) is -0.319. The van der Waals surface area contributed by atoms with Crippen LogP contribution in [0.5, 0.6) is 0 Å². The number of hydrogen-bond acceptors (Lipinski definition) is 8. The molecule has 1 aliphatic heterocycles. The van der Waals surface area contributed by atoms with E-state index in [0.717, 1.165) is 10.6 Å². The number of H-pyrrole nitrogens is 1. The Bertz CT molecular complexity index is 1820. The van der Waals surface area contributed by atoms with E-state index >= 15 is 4.39 Å². The number of aromatic amines is 1. The summed E-state index contributed by atoms with van der Waals surface area (Å²) in [5.41, 5.74) is 3.02. The van der Waals surface area contributed by atoms with E-state index in [1.165, 1.54) is 36.4 Å². The van der Waals surface area contributed by atoms with Crippen LogP contribution >= 0.6 is 11.6 Å². The number of nitrogens with zero attached hydrogens (tertiary/aromatic N) is 8. The quantitative estimate of drug-likeness (QED) is 0.274. The number of fused-ring (bicyclic) bond motifs is 1. The van der Waals surface area contributed by atoms with Crippen LogP contribution in [0, 0.1) is 5.95 Å². The largest absolute Gasteiger partial charge is 0.465 e. The molecule has 214 valence electrons. The molecule has 1 aromatic carbocycles. The number of tetrazole rings is 1. The van der Waals surface area contributed by atoms with E-state index in [2.05, 4.69) is 30.5 Å². The maximum Gasteiger partial charge on any atom is 0.413 e. The first-order valence-electron chi connectivity index (χ1n) is 12.8. The van der Waals surface area contributed by atoms with Crippen molar-refractivity contribution in [3.63, 3.8) is 0 Å². The van der Waals surface area contributed by atoms with E-state index in [-0.39, 0.29) is 36.0 Å². The monoisotopic (exact) mass is 591 g/mol. The summed E-state index contributed by atoms with van der Waals surface area (Å²) in [6.45, 7) is 0.303. The minimum atomic E-state index is -1.17. The second-order valence-corrected chi connectivity index (χ2v) is 9.97. The fourth-order valence-electron chi connectivity index (χ4n) is 5.13. The second kappa shape index (κ2) is 11.1. The Balaban J connectivity index is 1.31. The van der Waals surface area contributed by atoms with Gasteiger partial charge < -0.3 is 19.4 Å². The van der Waals surface area contributed by atoms with Crippen molar-refractivity contribution in [1.29, 1.82) is 0 Å². The normalized spacial score (nSPS) is 14.2. The van der Waals surface area contributed by atoms with Crippen LogP contribution in [0.25, 0.3) is 28.2 Å². The van der Waals surface area contributed by atoms with Gasteiger partial charge in [0.25, 0.3) is 5.56 Å². The predicted octanol–water partition coefficient (Wildman–Crippen LogP) is 3.74. The van der Waals surface area contributed by atoms with Gasteiger partial charge in [0.05, 0.1) is 30.6 Å². The lowest BCUT2D eigenvalue weighted by Crippen LogP contribution is -2.33. The van der Waals surface area contributed by atoms with Crippen molar-refractivity contribution in [1.82, 2.24) is 39.7 Å². The molecule has 6 rings (SSSR count). The number of nitrogens with one attached hydrogen (secondary N) is 1. The molecule has 15 heteroatoms. The molecule has 0 unspecified atom stereocenters. The number of benzene rings is 1. The fraction of sp³-hybridized carbons (Fsp3) is 0.222. The number of halogens is 2. The first kappa shape index (κ1) is 27.2. The van der Waals surface area contributed by atoms with Crippen molar-refractivity contribution in [3.05, 3.63) is 87.7 Å². The molecule has 0 spiro atoms. The number of anilines is 1. The third-order valence-corrected chi connectivity index (χ3v) is 7.30. The van der Waals surface area contributed by atoms with Crippen molar-refractivity contribution < 1.29 is 19.0 Å². The van der Waals surface area contributed by atoms with Crippen molar-refractivity contribution in [3.8, 4) is 28.2 Å². The highest BCUT2D eigenvalue weighted by Gasteiger charge is 2.30. The van der Waals surface area contributed by atoms with Crippen LogP contribution in [0.4, 0.5) is 15.0 Å². The van der Waals surface area contributed by atoms with Gasteiger partial charge in [0.15, 0.2) is 0 Å². The summed E-state index contributed by atoms with van der Waals surface area (Å²) < 4.78 is 23.2. The lowest BCUT2D eigenvalue weighted by Gasteiger charge is -2.17. The second-order valence-electron chi connectivity index (χ2n) is 9.54. The zero-order valence-electron chi connectivity index (χ0n) is 22.1. The zero-order valence-corrected chi connectivity index (χ0v) is 22.9. The molecule has 5 aromatic rings. The van der Waals surface area contributed by atoms with Crippen LogP contribution in [0.1, 0.15) is 23.9 Å². The van der Waals surface area contributed by atoms with Gasteiger partial charge in [-0.1, -0.05) is 11.6 Å². The average molecular weight is 592 g/mol. The Morgan fingerprint density at radius 3 is 2.81 bits per heavy atom. The Labute approximate surface area is 242 Å². The van der Waals surface area contributed by atoms with Crippen LogP contribution in [0.15, 0.2) is 59.8 Å². The summed E-state index contributed by atoms with van der Waals surface area (Å²) >= 11 is 6.28. The van der Waals surface area contributed by atoms with Crippen molar-refractivity contribution in [2.24, 2.45) is 0 Å². The fourth-order valence-corrected chi connectivity index (χ4v) is 5.31. The molecule has 0 aliphatic carbocycles. The molecule has 1 atom stereocenters. The average Bonchev–Trinajstić information content (AvgIpc) is 3.74. The summed E-state index contributed by atoms with van der Waals surface area (Å²) in [7, 11) is 1.48. The maximum absolute atomic E-state index is 15.2. The smallest absolute Gasteiger partial charge is 0.413 e. The minimum Gasteiger partial charge on any atom is -0.465 e. The molecule has 2 N–H and O–H groups in total. The maximum atomic E-state index is 15.2. The van der Waals surface area contributed by atoms with Crippen LogP contribution in [-0.4, -0.2) is 71.2 Å². The van der Waals surface area contributed by atoms with E-state index < -0.39 is 18.1 Å². The Morgan fingerprint density at radius 1 is 1.24 bits per heavy atom. The molecule has 13 nitrogen and oxygen atoms in total. The van der Waals surface area contributed by atoms with Crippen LogP contribution in [0.3, 0.4) is 0 Å². The highest BCUT2D eigenvalue weighted by atomic mass is 35.5. The van der Waals surface area contributed by atoms with Gasteiger partial charge in [-0.15, -0.1) is 5.10 Å². The topological polar surface area (TPSA) is 157 Å². The molecule has 5 heterocycles. The molecule has 0 radical (unpaired) electrons. The third-order valence-electron chi connectivity index (χ3n) is 7.07. The first-order chi connectivity index (χ1) is 20.3. The van der Waals surface area contributed by atoms with E-state index in [1.54, 1.807) is 28.8 Å². The standard InChI is InChI=1S/C27H23ClFN9O4/c1-42-9-8-36(27(40)41)22-7-2-15(13-30-22)26-32-24(25(29)33-26)21-6-4-18-10-16(11-23(39)38(18)21)19-12-17(28)3-5-20(19)37-14-31-34-35-37/h2-3,5,7,10-14,21H,4,6,8-9H2,1H3,(H,32,33)(H,40,41)/t21-/m0/s1. The molecular weight excluding hydrogens is 569 g/mol. The van der Waals surface area contributed by atoms with E-state index in [0.29, 0.717) is 40.2 Å². The predicted molar refractivity (Wildman–Crippen MR) is 149 cm³/mol. The van der Waals surface area contributed by atoms with E-state index in [4.69, 9.17) is 16.3 Å². The summed E-state index contributed by atoms with van der Waals surface area (Å²) in [4.78, 5) is 37.4. The Hall–Kier alpha value is -4.95. The highest BCUT2D eigenvalue weighted by molar-refractivity contribution is 6.31. The Kier molecular flexibility index (Phi) is 7.22. The number of imidazole rings is 1. The number of ether oxygens (including phenoxy) is 1. The number of aryl methyl sites for hydroxylation is 1. The number of carbonyl (C=O) groups is 1. The lowest BCUT2D eigenvalue weighted by molar-refractivity contribution is 0.186. The molecular formula is C27H23ClFN9O4.